The molecule has 3 rings (SSSR count). The van der Waals surface area contributed by atoms with Crippen LogP contribution in [0, 0.1) is 3.57 Å². The summed E-state index contributed by atoms with van der Waals surface area (Å²) in [6.07, 6.45) is 0. The average molecular weight is 360 g/mol. The van der Waals surface area contributed by atoms with Crippen LogP contribution in [0.1, 0.15) is 5.56 Å². The van der Waals surface area contributed by atoms with Crippen molar-refractivity contribution in [1.82, 2.24) is 0 Å². The highest BCUT2D eigenvalue weighted by Crippen LogP contribution is 2.23. The molecule has 0 saturated carbocycles. The fourth-order valence-corrected chi connectivity index (χ4v) is 2.54. The Balaban J connectivity index is 1.81. The summed E-state index contributed by atoms with van der Waals surface area (Å²) >= 11 is 2.33. The van der Waals surface area contributed by atoms with Crippen LogP contribution in [-0.2, 0) is 6.61 Å². The fourth-order valence-electron chi connectivity index (χ4n) is 2.03. The standard InChI is InChI=1S/C17H13IO/c18-16-8-6-14-7-9-17(11-15(14)10-16)19-12-13-4-2-1-3-5-13/h1-11H,12H2. The number of hydrogen-bond donors (Lipinski definition) is 0. The summed E-state index contributed by atoms with van der Waals surface area (Å²) in [4.78, 5) is 0. The summed E-state index contributed by atoms with van der Waals surface area (Å²) in [7, 11) is 0. The second kappa shape index (κ2) is 5.61. The van der Waals surface area contributed by atoms with Crippen LogP contribution in [0.25, 0.3) is 10.8 Å². The molecule has 0 aliphatic heterocycles. The molecule has 0 unspecified atom stereocenters. The quantitative estimate of drug-likeness (QED) is 0.596. The van der Waals surface area contributed by atoms with Gasteiger partial charge < -0.3 is 4.74 Å². The monoisotopic (exact) mass is 360 g/mol. The van der Waals surface area contributed by atoms with Crippen molar-refractivity contribution in [3.05, 3.63) is 75.9 Å². The van der Waals surface area contributed by atoms with Crippen molar-refractivity contribution < 1.29 is 4.74 Å². The molecule has 0 heterocycles. The lowest BCUT2D eigenvalue weighted by atomic mass is 10.1. The minimum atomic E-state index is 0.607. The van der Waals surface area contributed by atoms with Gasteiger partial charge in [-0.2, -0.15) is 0 Å². The molecule has 0 aromatic heterocycles. The molecular formula is C17H13IO. The van der Waals surface area contributed by atoms with Gasteiger partial charge in [-0.1, -0.05) is 42.5 Å². The van der Waals surface area contributed by atoms with E-state index in [0.717, 1.165) is 5.75 Å². The first-order valence-corrected chi connectivity index (χ1v) is 7.25. The van der Waals surface area contributed by atoms with E-state index >= 15 is 0 Å². The Kier molecular flexibility index (Phi) is 3.69. The minimum absolute atomic E-state index is 0.607. The van der Waals surface area contributed by atoms with Crippen LogP contribution < -0.4 is 4.74 Å². The fraction of sp³-hybridized carbons (Fsp3) is 0.0588. The first-order valence-electron chi connectivity index (χ1n) is 6.17. The zero-order valence-corrected chi connectivity index (χ0v) is 12.5. The Morgan fingerprint density at radius 1 is 0.789 bits per heavy atom. The normalized spacial score (nSPS) is 10.6. The molecule has 1 nitrogen and oxygen atoms in total. The van der Waals surface area contributed by atoms with Crippen LogP contribution in [0.2, 0.25) is 0 Å². The molecule has 3 aromatic carbocycles. The van der Waals surface area contributed by atoms with Gasteiger partial charge in [0.25, 0.3) is 0 Å². The Labute approximate surface area is 126 Å². The van der Waals surface area contributed by atoms with E-state index in [4.69, 9.17) is 4.74 Å². The molecule has 0 N–H and O–H groups in total. The van der Waals surface area contributed by atoms with Gasteiger partial charge in [0, 0.05) is 3.57 Å². The number of rotatable bonds is 3. The molecule has 0 atom stereocenters. The molecule has 94 valence electrons. The third-order valence-corrected chi connectivity index (χ3v) is 3.69. The predicted molar refractivity (Wildman–Crippen MR) is 87.4 cm³/mol. The van der Waals surface area contributed by atoms with Gasteiger partial charge in [0.15, 0.2) is 0 Å². The van der Waals surface area contributed by atoms with Crippen molar-refractivity contribution in [3.8, 4) is 5.75 Å². The van der Waals surface area contributed by atoms with Crippen LogP contribution in [0.4, 0.5) is 0 Å². The van der Waals surface area contributed by atoms with Crippen LogP contribution in [0.3, 0.4) is 0 Å². The lowest BCUT2D eigenvalue weighted by Gasteiger charge is -2.07. The van der Waals surface area contributed by atoms with Crippen molar-refractivity contribution in [2.45, 2.75) is 6.61 Å². The summed E-state index contributed by atoms with van der Waals surface area (Å²) in [6.45, 7) is 0.607. The van der Waals surface area contributed by atoms with Crippen LogP contribution >= 0.6 is 22.6 Å². The van der Waals surface area contributed by atoms with Crippen molar-refractivity contribution in [2.75, 3.05) is 0 Å². The first kappa shape index (κ1) is 12.5. The van der Waals surface area contributed by atoms with E-state index < -0.39 is 0 Å². The Bertz CT molecular complexity index is 692. The number of benzene rings is 3. The summed E-state index contributed by atoms with van der Waals surface area (Å²) in [5, 5.41) is 2.46. The third-order valence-electron chi connectivity index (χ3n) is 3.02. The lowest BCUT2D eigenvalue weighted by molar-refractivity contribution is 0.306. The summed E-state index contributed by atoms with van der Waals surface area (Å²) in [5.41, 5.74) is 1.19. The van der Waals surface area contributed by atoms with Crippen LogP contribution in [-0.4, -0.2) is 0 Å². The molecule has 0 amide bonds. The summed E-state index contributed by atoms with van der Waals surface area (Å²) in [5.74, 6) is 0.915. The molecule has 0 aliphatic carbocycles. The molecule has 19 heavy (non-hydrogen) atoms. The van der Waals surface area contributed by atoms with E-state index in [1.807, 2.05) is 24.3 Å². The van der Waals surface area contributed by atoms with Gasteiger partial charge in [0.2, 0.25) is 0 Å². The average Bonchev–Trinajstić information content (AvgIpc) is 2.46. The minimum Gasteiger partial charge on any atom is -0.489 e. The predicted octanol–water partition coefficient (Wildman–Crippen LogP) is 5.02. The first-order chi connectivity index (χ1) is 9.31. The largest absolute Gasteiger partial charge is 0.489 e. The highest BCUT2D eigenvalue weighted by molar-refractivity contribution is 14.1. The van der Waals surface area contributed by atoms with Gasteiger partial charge in [-0.25, -0.2) is 0 Å². The van der Waals surface area contributed by atoms with E-state index in [2.05, 4.69) is 65.1 Å². The topological polar surface area (TPSA) is 9.23 Å². The molecule has 0 bridgehead atoms. The maximum Gasteiger partial charge on any atom is 0.120 e. The number of halogens is 1. The maximum atomic E-state index is 5.84. The highest BCUT2D eigenvalue weighted by Gasteiger charge is 1.99. The lowest BCUT2D eigenvalue weighted by Crippen LogP contribution is -1.94. The SMILES string of the molecule is Ic1ccc2ccc(OCc3ccccc3)cc2c1. The van der Waals surface area contributed by atoms with Gasteiger partial charge in [0.05, 0.1) is 0 Å². The Morgan fingerprint density at radius 3 is 2.42 bits per heavy atom. The van der Waals surface area contributed by atoms with E-state index in [1.54, 1.807) is 0 Å². The Hall–Kier alpha value is -1.55. The van der Waals surface area contributed by atoms with Gasteiger partial charge in [0.1, 0.15) is 12.4 Å². The molecule has 3 aromatic rings. The van der Waals surface area contributed by atoms with Gasteiger partial charge in [-0.15, -0.1) is 0 Å². The van der Waals surface area contributed by atoms with Crippen LogP contribution in [0.15, 0.2) is 66.7 Å². The highest BCUT2D eigenvalue weighted by atomic mass is 127. The Morgan fingerprint density at radius 2 is 1.58 bits per heavy atom. The number of hydrogen-bond acceptors (Lipinski definition) is 1. The van der Waals surface area contributed by atoms with Crippen molar-refractivity contribution in [3.63, 3.8) is 0 Å². The smallest absolute Gasteiger partial charge is 0.120 e. The molecule has 0 radical (unpaired) electrons. The zero-order valence-electron chi connectivity index (χ0n) is 10.3. The molecule has 0 spiro atoms. The van der Waals surface area contributed by atoms with E-state index in [-0.39, 0.29) is 0 Å². The van der Waals surface area contributed by atoms with Gasteiger partial charge in [-0.3, -0.25) is 0 Å². The molecule has 0 fully saturated rings. The van der Waals surface area contributed by atoms with E-state index in [0.29, 0.717) is 6.61 Å². The maximum absolute atomic E-state index is 5.84. The van der Waals surface area contributed by atoms with Crippen molar-refractivity contribution >= 4 is 33.4 Å². The van der Waals surface area contributed by atoms with Gasteiger partial charge in [-0.05, 0) is 63.2 Å². The molecular weight excluding hydrogens is 347 g/mol. The van der Waals surface area contributed by atoms with Gasteiger partial charge >= 0.3 is 0 Å². The molecule has 0 aliphatic rings. The second-order valence-corrected chi connectivity index (χ2v) is 5.67. The zero-order chi connectivity index (χ0) is 13.1. The van der Waals surface area contributed by atoms with Crippen molar-refractivity contribution in [1.29, 1.82) is 0 Å². The second-order valence-electron chi connectivity index (χ2n) is 4.43. The molecule has 2 heteroatoms. The number of ether oxygens (including phenoxy) is 1. The molecule has 0 saturated heterocycles. The van der Waals surface area contributed by atoms with Crippen molar-refractivity contribution in [2.24, 2.45) is 0 Å². The number of fused-ring (bicyclic) bond motifs is 1. The van der Waals surface area contributed by atoms with E-state index in [9.17, 15) is 0 Å². The summed E-state index contributed by atoms with van der Waals surface area (Å²) in [6, 6.07) is 22.9. The van der Waals surface area contributed by atoms with Crippen LogP contribution in [0.5, 0.6) is 5.75 Å². The summed E-state index contributed by atoms with van der Waals surface area (Å²) < 4.78 is 7.08. The van der Waals surface area contributed by atoms with E-state index in [1.165, 1.54) is 19.9 Å². The third kappa shape index (κ3) is 3.07.